The Hall–Kier alpha value is -3.54. The number of aryl methyl sites for hydroxylation is 1. The van der Waals surface area contributed by atoms with Gasteiger partial charge in [0, 0.05) is 12.1 Å². The highest BCUT2D eigenvalue weighted by atomic mass is 19.1. The van der Waals surface area contributed by atoms with Crippen LogP contribution in [0.1, 0.15) is 40.0 Å². The number of amides is 1. The van der Waals surface area contributed by atoms with Gasteiger partial charge in [-0.1, -0.05) is 43.3 Å². The first kappa shape index (κ1) is 22.2. The lowest BCUT2D eigenvalue weighted by Crippen LogP contribution is -2.29. The van der Waals surface area contributed by atoms with E-state index in [0.29, 0.717) is 22.8 Å². The summed E-state index contributed by atoms with van der Waals surface area (Å²) in [6.07, 6.45) is 0.903. The smallest absolute Gasteiger partial charge is 0.255 e. The Balaban J connectivity index is 2.02. The number of methoxy groups -OCH3 is 3. The monoisotopic (exact) mass is 423 g/mol. The molecule has 3 aromatic carbocycles. The minimum atomic E-state index is -0.549. The Labute approximate surface area is 181 Å². The number of nitrogens with one attached hydrogen (secondary N) is 1. The van der Waals surface area contributed by atoms with E-state index in [4.69, 9.17) is 14.2 Å². The normalized spacial score (nSPS) is 11.5. The number of rotatable bonds is 8. The molecule has 162 valence electrons. The van der Waals surface area contributed by atoms with Gasteiger partial charge in [-0.2, -0.15) is 0 Å². The van der Waals surface area contributed by atoms with Gasteiger partial charge in [0.2, 0.25) is 0 Å². The van der Waals surface area contributed by atoms with Gasteiger partial charge in [0.1, 0.15) is 11.6 Å². The highest BCUT2D eigenvalue weighted by Crippen LogP contribution is 2.35. The first-order valence-corrected chi connectivity index (χ1v) is 9.95. The van der Waals surface area contributed by atoms with Crippen molar-refractivity contribution in [2.24, 2.45) is 0 Å². The second kappa shape index (κ2) is 9.98. The summed E-state index contributed by atoms with van der Waals surface area (Å²) in [5, 5.41) is 3.01. The molecule has 0 saturated carbocycles. The molecular formula is C25H26FNO4. The van der Waals surface area contributed by atoms with E-state index in [2.05, 4.69) is 12.2 Å². The van der Waals surface area contributed by atoms with Gasteiger partial charge in [-0.15, -0.1) is 0 Å². The van der Waals surface area contributed by atoms with E-state index < -0.39 is 6.04 Å². The van der Waals surface area contributed by atoms with Crippen molar-refractivity contribution in [1.29, 1.82) is 0 Å². The van der Waals surface area contributed by atoms with E-state index in [1.165, 1.54) is 39.0 Å². The van der Waals surface area contributed by atoms with Crippen LogP contribution >= 0.6 is 0 Å². The van der Waals surface area contributed by atoms with Gasteiger partial charge < -0.3 is 19.5 Å². The first-order chi connectivity index (χ1) is 15.0. The molecule has 0 saturated heterocycles. The number of benzene rings is 3. The van der Waals surface area contributed by atoms with Crippen molar-refractivity contribution in [1.82, 2.24) is 5.32 Å². The topological polar surface area (TPSA) is 56.8 Å². The predicted octanol–water partition coefficient (Wildman–Crippen LogP) is 4.93. The Morgan fingerprint density at radius 2 is 1.52 bits per heavy atom. The lowest BCUT2D eigenvalue weighted by Gasteiger charge is -2.21. The highest BCUT2D eigenvalue weighted by Gasteiger charge is 2.23. The molecule has 0 aromatic heterocycles. The molecule has 0 radical (unpaired) electrons. The predicted molar refractivity (Wildman–Crippen MR) is 118 cm³/mol. The van der Waals surface area contributed by atoms with Gasteiger partial charge in [0.15, 0.2) is 11.5 Å². The van der Waals surface area contributed by atoms with Crippen molar-refractivity contribution < 1.29 is 23.4 Å². The molecule has 6 heteroatoms. The Morgan fingerprint density at radius 3 is 2.10 bits per heavy atom. The first-order valence-electron chi connectivity index (χ1n) is 9.95. The third kappa shape index (κ3) is 4.97. The van der Waals surface area contributed by atoms with Crippen molar-refractivity contribution in [3.05, 3.63) is 88.7 Å². The Bertz CT molecular complexity index is 1050. The Morgan fingerprint density at radius 1 is 0.871 bits per heavy atom. The summed E-state index contributed by atoms with van der Waals surface area (Å²) in [4.78, 5) is 13.3. The van der Waals surface area contributed by atoms with E-state index in [0.717, 1.165) is 12.0 Å². The number of hydrogen-bond acceptors (Lipinski definition) is 4. The van der Waals surface area contributed by atoms with Gasteiger partial charge in [0.05, 0.1) is 32.9 Å². The van der Waals surface area contributed by atoms with E-state index >= 15 is 0 Å². The lowest BCUT2D eigenvalue weighted by atomic mass is 9.96. The van der Waals surface area contributed by atoms with Crippen LogP contribution in [0.15, 0.2) is 60.7 Å². The molecule has 3 rings (SSSR count). The lowest BCUT2D eigenvalue weighted by molar-refractivity contribution is 0.0939. The summed E-state index contributed by atoms with van der Waals surface area (Å²) in [6, 6.07) is 16.7. The average molecular weight is 423 g/mol. The van der Waals surface area contributed by atoms with Gasteiger partial charge in [0.25, 0.3) is 5.91 Å². The molecule has 0 aliphatic carbocycles. The van der Waals surface area contributed by atoms with Crippen LogP contribution in [0.4, 0.5) is 4.39 Å². The Kier molecular flexibility index (Phi) is 7.13. The number of carbonyl (C=O) groups is 1. The van der Waals surface area contributed by atoms with Crippen molar-refractivity contribution >= 4 is 5.91 Å². The quantitative estimate of drug-likeness (QED) is 0.558. The zero-order valence-corrected chi connectivity index (χ0v) is 18.1. The molecule has 0 bridgehead atoms. The van der Waals surface area contributed by atoms with Crippen LogP contribution in [0.5, 0.6) is 17.2 Å². The number of halogens is 1. The zero-order valence-electron chi connectivity index (χ0n) is 18.1. The van der Waals surface area contributed by atoms with Gasteiger partial charge in [-0.05, 0) is 35.2 Å². The van der Waals surface area contributed by atoms with Crippen LogP contribution in [0, 0.1) is 5.82 Å². The summed E-state index contributed by atoms with van der Waals surface area (Å²) in [7, 11) is 4.49. The molecule has 0 fully saturated rings. The zero-order chi connectivity index (χ0) is 22.4. The largest absolute Gasteiger partial charge is 0.496 e. The molecule has 31 heavy (non-hydrogen) atoms. The molecule has 1 amide bonds. The molecule has 0 aliphatic rings. The van der Waals surface area contributed by atoms with Crippen LogP contribution in [-0.2, 0) is 6.42 Å². The molecule has 1 unspecified atom stereocenters. The maximum atomic E-state index is 14.0. The fourth-order valence-electron chi connectivity index (χ4n) is 3.41. The third-order valence-electron chi connectivity index (χ3n) is 5.13. The molecular weight excluding hydrogens is 397 g/mol. The second-order valence-electron chi connectivity index (χ2n) is 6.96. The standard InChI is InChI=1S/C25H26FNO4/c1-5-16-9-11-17(12-10-16)24(18-7-6-8-19(26)13-18)27-25(28)20-14-22(30-3)23(31-4)15-21(20)29-2/h6-15,24H,5H2,1-4H3,(H,27,28). The van der Waals surface area contributed by atoms with Crippen LogP contribution in [0.3, 0.4) is 0 Å². The van der Waals surface area contributed by atoms with Crippen molar-refractivity contribution in [3.8, 4) is 17.2 Å². The summed E-state index contributed by atoms with van der Waals surface area (Å²) >= 11 is 0. The summed E-state index contributed by atoms with van der Waals surface area (Å²) < 4.78 is 30.0. The van der Waals surface area contributed by atoms with Crippen LogP contribution in [0.25, 0.3) is 0 Å². The van der Waals surface area contributed by atoms with E-state index in [1.54, 1.807) is 24.3 Å². The SMILES string of the molecule is CCc1ccc(C(NC(=O)c2cc(OC)c(OC)cc2OC)c2cccc(F)c2)cc1. The summed E-state index contributed by atoms with van der Waals surface area (Å²) in [6.45, 7) is 2.07. The number of ether oxygens (including phenoxy) is 3. The fraction of sp³-hybridized carbons (Fsp3) is 0.240. The molecule has 5 nitrogen and oxygen atoms in total. The van der Waals surface area contributed by atoms with Crippen molar-refractivity contribution in [3.63, 3.8) is 0 Å². The molecule has 0 heterocycles. The van der Waals surface area contributed by atoms with Gasteiger partial charge in [-0.3, -0.25) is 4.79 Å². The third-order valence-corrected chi connectivity index (χ3v) is 5.13. The van der Waals surface area contributed by atoms with Crippen molar-refractivity contribution in [2.75, 3.05) is 21.3 Å². The van der Waals surface area contributed by atoms with E-state index in [9.17, 15) is 9.18 Å². The van der Waals surface area contributed by atoms with Gasteiger partial charge >= 0.3 is 0 Å². The average Bonchev–Trinajstić information content (AvgIpc) is 2.81. The minimum Gasteiger partial charge on any atom is -0.496 e. The van der Waals surface area contributed by atoms with Crippen LogP contribution < -0.4 is 19.5 Å². The molecule has 1 N–H and O–H groups in total. The van der Waals surface area contributed by atoms with Gasteiger partial charge in [-0.25, -0.2) is 4.39 Å². The molecule has 0 spiro atoms. The van der Waals surface area contributed by atoms with Crippen LogP contribution in [-0.4, -0.2) is 27.2 Å². The maximum Gasteiger partial charge on any atom is 0.255 e. The molecule has 0 aliphatic heterocycles. The maximum absolute atomic E-state index is 14.0. The number of hydrogen-bond donors (Lipinski definition) is 1. The second-order valence-corrected chi connectivity index (χ2v) is 6.96. The highest BCUT2D eigenvalue weighted by molar-refractivity contribution is 5.98. The molecule has 1 atom stereocenters. The summed E-state index contributed by atoms with van der Waals surface area (Å²) in [5.41, 5.74) is 2.94. The fourth-order valence-corrected chi connectivity index (χ4v) is 3.41. The van der Waals surface area contributed by atoms with E-state index in [1.807, 2.05) is 24.3 Å². The summed E-state index contributed by atoms with van der Waals surface area (Å²) in [5.74, 6) is 0.447. The number of carbonyl (C=O) groups excluding carboxylic acids is 1. The van der Waals surface area contributed by atoms with Crippen LogP contribution in [0.2, 0.25) is 0 Å². The minimum absolute atomic E-state index is 0.284. The van der Waals surface area contributed by atoms with Crippen molar-refractivity contribution in [2.45, 2.75) is 19.4 Å². The van der Waals surface area contributed by atoms with E-state index in [-0.39, 0.29) is 17.3 Å². The molecule has 3 aromatic rings.